The highest BCUT2D eigenvalue weighted by Gasteiger charge is 2.25. The molecule has 0 unspecified atom stereocenters. The zero-order valence-electron chi connectivity index (χ0n) is 16.0. The van der Waals surface area contributed by atoms with Crippen molar-refractivity contribution in [2.24, 2.45) is 0 Å². The Morgan fingerprint density at radius 2 is 1.89 bits per heavy atom. The van der Waals surface area contributed by atoms with Crippen LogP contribution in [0.15, 0.2) is 60.7 Å². The molecule has 1 aromatic heterocycles. The smallest absolute Gasteiger partial charge is 0.123 e. The van der Waals surface area contributed by atoms with Gasteiger partial charge in [0.25, 0.3) is 0 Å². The van der Waals surface area contributed by atoms with Gasteiger partial charge in [0.05, 0.1) is 12.3 Å². The standard InChI is InChI=1S/C23H26FN3O/c24-20-6-8-22(9-7-20)28-15-12-21-16-23(26-25-21)19-11-14-27(17-19)13-10-18-4-2-1-3-5-18/h1-9,16,19H,10-15,17H2,(H,25,26)/t19-/m1/s1. The number of benzene rings is 2. The molecule has 0 amide bonds. The lowest BCUT2D eigenvalue weighted by atomic mass is 10.0. The van der Waals surface area contributed by atoms with Crippen LogP contribution in [0.2, 0.25) is 0 Å². The van der Waals surface area contributed by atoms with Crippen LogP contribution >= 0.6 is 0 Å². The third-order valence-corrected chi connectivity index (χ3v) is 5.35. The van der Waals surface area contributed by atoms with Crippen LogP contribution in [0, 0.1) is 5.82 Å². The van der Waals surface area contributed by atoms with Crippen molar-refractivity contribution in [3.8, 4) is 5.75 Å². The maximum absolute atomic E-state index is 12.9. The summed E-state index contributed by atoms with van der Waals surface area (Å²) in [5.74, 6) is 0.935. The minimum atomic E-state index is -0.250. The number of aromatic nitrogens is 2. The first kappa shape index (κ1) is 18.7. The Kier molecular flexibility index (Phi) is 6.02. The van der Waals surface area contributed by atoms with Crippen LogP contribution in [-0.2, 0) is 12.8 Å². The fraction of sp³-hybridized carbons (Fsp3) is 0.348. The first-order valence-electron chi connectivity index (χ1n) is 9.95. The van der Waals surface area contributed by atoms with Gasteiger partial charge in [-0.1, -0.05) is 30.3 Å². The van der Waals surface area contributed by atoms with Crippen molar-refractivity contribution in [3.05, 3.63) is 83.4 Å². The van der Waals surface area contributed by atoms with Crippen LogP contribution in [0.3, 0.4) is 0 Å². The lowest BCUT2D eigenvalue weighted by Gasteiger charge is -2.15. The monoisotopic (exact) mass is 379 g/mol. The van der Waals surface area contributed by atoms with E-state index in [0.29, 0.717) is 18.3 Å². The Bertz CT molecular complexity index is 863. The third kappa shape index (κ3) is 4.98. The molecule has 2 heterocycles. The quantitative estimate of drug-likeness (QED) is 0.638. The van der Waals surface area contributed by atoms with E-state index in [4.69, 9.17) is 4.74 Å². The van der Waals surface area contributed by atoms with Gasteiger partial charge in [0.1, 0.15) is 11.6 Å². The molecule has 1 aliphatic heterocycles. The minimum absolute atomic E-state index is 0.250. The molecule has 1 aliphatic rings. The molecule has 1 N–H and O–H groups in total. The summed E-state index contributed by atoms with van der Waals surface area (Å²) in [6, 6.07) is 18.9. The van der Waals surface area contributed by atoms with E-state index in [1.54, 1.807) is 12.1 Å². The van der Waals surface area contributed by atoms with Gasteiger partial charge in [0, 0.05) is 31.1 Å². The third-order valence-electron chi connectivity index (χ3n) is 5.35. The molecule has 4 rings (SSSR count). The van der Waals surface area contributed by atoms with Gasteiger partial charge in [0.15, 0.2) is 0 Å². The molecule has 0 saturated carbocycles. The Hall–Kier alpha value is -2.66. The number of rotatable bonds is 8. The van der Waals surface area contributed by atoms with Gasteiger partial charge in [-0.15, -0.1) is 0 Å². The van der Waals surface area contributed by atoms with Crippen LogP contribution in [-0.4, -0.2) is 41.3 Å². The van der Waals surface area contributed by atoms with E-state index in [1.807, 2.05) is 0 Å². The second-order valence-corrected chi connectivity index (χ2v) is 7.39. The predicted molar refractivity (Wildman–Crippen MR) is 108 cm³/mol. The molecule has 1 saturated heterocycles. The van der Waals surface area contributed by atoms with E-state index < -0.39 is 0 Å². The Labute approximate surface area is 165 Å². The zero-order valence-corrected chi connectivity index (χ0v) is 16.0. The second kappa shape index (κ2) is 9.02. The second-order valence-electron chi connectivity index (χ2n) is 7.39. The normalized spacial score (nSPS) is 17.1. The van der Waals surface area contributed by atoms with Gasteiger partial charge in [-0.3, -0.25) is 5.10 Å². The Morgan fingerprint density at radius 1 is 1.07 bits per heavy atom. The summed E-state index contributed by atoms with van der Waals surface area (Å²) in [5.41, 5.74) is 3.63. The molecule has 28 heavy (non-hydrogen) atoms. The lowest BCUT2D eigenvalue weighted by molar-refractivity contribution is 0.320. The molecule has 2 aromatic carbocycles. The maximum Gasteiger partial charge on any atom is 0.123 e. The van der Waals surface area contributed by atoms with Crippen molar-refractivity contribution >= 4 is 0 Å². The minimum Gasteiger partial charge on any atom is -0.493 e. The van der Waals surface area contributed by atoms with E-state index in [-0.39, 0.29) is 5.82 Å². The summed E-state index contributed by atoms with van der Waals surface area (Å²) in [6.45, 7) is 3.85. The van der Waals surface area contributed by atoms with Crippen molar-refractivity contribution in [2.45, 2.75) is 25.2 Å². The Morgan fingerprint density at radius 3 is 2.71 bits per heavy atom. The number of likely N-dealkylation sites (tertiary alicyclic amines) is 1. The molecule has 0 bridgehead atoms. The lowest BCUT2D eigenvalue weighted by Crippen LogP contribution is -2.23. The average Bonchev–Trinajstić information content (AvgIpc) is 3.38. The summed E-state index contributed by atoms with van der Waals surface area (Å²) >= 11 is 0. The van der Waals surface area contributed by atoms with Crippen molar-refractivity contribution in [1.82, 2.24) is 15.1 Å². The van der Waals surface area contributed by atoms with Gasteiger partial charge in [0.2, 0.25) is 0 Å². The number of halogens is 1. The summed E-state index contributed by atoms with van der Waals surface area (Å²) in [4.78, 5) is 2.53. The summed E-state index contributed by atoms with van der Waals surface area (Å²) < 4.78 is 18.6. The summed E-state index contributed by atoms with van der Waals surface area (Å²) in [6.07, 6.45) is 3.01. The first-order chi connectivity index (χ1) is 13.8. The van der Waals surface area contributed by atoms with Crippen LogP contribution < -0.4 is 4.74 Å². The fourth-order valence-corrected chi connectivity index (χ4v) is 3.74. The average molecular weight is 379 g/mol. The molecular weight excluding hydrogens is 353 g/mol. The molecule has 0 aliphatic carbocycles. The number of hydrogen-bond acceptors (Lipinski definition) is 3. The molecule has 4 nitrogen and oxygen atoms in total. The maximum atomic E-state index is 12.9. The molecule has 0 spiro atoms. The van der Waals surface area contributed by atoms with Crippen molar-refractivity contribution in [2.75, 3.05) is 26.2 Å². The highest BCUT2D eigenvalue weighted by Crippen LogP contribution is 2.26. The number of hydrogen-bond donors (Lipinski definition) is 1. The largest absolute Gasteiger partial charge is 0.493 e. The molecule has 1 fully saturated rings. The van der Waals surface area contributed by atoms with Gasteiger partial charge >= 0.3 is 0 Å². The fourth-order valence-electron chi connectivity index (χ4n) is 3.74. The number of ether oxygens (including phenoxy) is 1. The van der Waals surface area contributed by atoms with Gasteiger partial charge in [-0.2, -0.15) is 5.10 Å². The topological polar surface area (TPSA) is 41.1 Å². The van der Waals surface area contributed by atoms with Gasteiger partial charge < -0.3 is 9.64 Å². The molecule has 5 heteroatoms. The molecular formula is C23H26FN3O. The van der Waals surface area contributed by atoms with E-state index in [9.17, 15) is 4.39 Å². The molecule has 3 aromatic rings. The summed E-state index contributed by atoms with van der Waals surface area (Å²) in [7, 11) is 0. The van der Waals surface area contributed by atoms with Crippen molar-refractivity contribution < 1.29 is 9.13 Å². The molecule has 1 atom stereocenters. The first-order valence-corrected chi connectivity index (χ1v) is 9.95. The van der Waals surface area contributed by atoms with Crippen LogP contribution in [0.1, 0.15) is 29.3 Å². The molecule has 146 valence electrons. The highest BCUT2D eigenvalue weighted by atomic mass is 19.1. The zero-order chi connectivity index (χ0) is 19.2. The Balaban J connectivity index is 1.22. The number of nitrogens with one attached hydrogen (secondary N) is 1. The highest BCUT2D eigenvalue weighted by molar-refractivity contribution is 5.22. The van der Waals surface area contributed by atoms with E-state index in [0.717, 1.165) is 50.3 Å². The van der Waals surface area contributed by atoms with Crippen LogP contribution in [0.25, 0.3) is 0 Å². The van der Waals surface area contributed by atoms with Gasteiger partial charge in [-0.05, 0) is 55.3 Å². The van der Waals surface area contributed by atoms with Gasteiger partial charge in [-0.25, -0.2) is 4.39 Å². The van der Waals surface area contributed by atoms with Crippen LogP contribution in [0.5, 0.6) is 5.75 Å². The number of nitrogens with zero attached hydrogens (tertiary/aromatic N) is 2. The van der Waals surface area contributed by atoms with E-state index in [2.05, 4.69) is 51.5 Å². The number of H-pyrrole nitrogens is 1. The number of aromatic amines is 1. The van der Waals surface area contributed by atoms with E-state index in [1.165, 1.54) is 17.7 Å². The summed E-state index contributed by atoms with van der Waals surface area (Å²) in [5, 5.41) is 7.67. The van der Waals surface area contributed by atoms with E-state index >= 15 is 0 Å². The van der Waals surface area contributed by atoms with Crippen LogP contribution in [0.4, 0.5) is 4.39 Å². The SMILES string of the molecule is Fc1ccc(OCCc2cc([C@@H]3CCN(CCc4ccccc4)C3)n[nH]2)cc1. The van der Waals surface area contributed by atoms with Crippen molar-refractivity contribution in [1.29, 1.82) is 0 Å². The molecule has 0 radical (unpaired) electrons. The van der Waals surface area contributed by atoms with Crippen molar-refractivity contribution in [3.63, 3.8) is 0 Å². The predicted octanol–water partition coefficient (Wildman–Crippen LogP) is 4.20.